The standard InChI is InChI=1S/C13H22O2/c1-11-4-2-5-12(8-11)13(9-14)6-3-7-15-10-13/h9,11-12H,2-8,10H2,1H3. The molecule has 1 heterocycles. The van der Waals surface area contributed by atoms with Gasteiger partial charge >= 0.3 is 0 Å². The van der Waals surface area contributed by atoms with E-state index in [1.165, 1.54) is 32.0 Å². The van der Waals surface area contributed by atoms with E-state index in [1.807, 2.05) is 0 Å². The largest absolute Gasteiger partial charge is 0.380 e. The van der Waals surface area contributed by atoms with Crippen LogP contribution in [0.3, 0.4) is 0 Å². The maximum atomic E-state index is 11.4. The fraction of sp³-hybridized carbons (Fsp3) is 0.923. The average molecular weight is 210 g/mol. The molecule has 0 spiro atoms. The van der Waals surface area contributed by atoms with Crippen LogP contribution in [-0.4, -0.2) is 19.5 Å². The second-order valence-electron chi connectivity index (χ2n) is 5.48. The molecule has 1 saturated carbocycles. The lowest BCUT2D eigenvalue weighted by Crippen LogP contribution is -2.42. The maximum Gasteiger partial charge on any atom is 0.128 e. The van der Waals surface area contributed by atoms with Crippen LogP contribution < -0.4 is 0 Å². The van der Waals surface area contributed by atoms with Gasteiger partial charge in [-0.2, -0.15) is 0 Å². The van der Waals surface area contributed by atoms with Crippen molar-refractivity contribution in [3.8, 4) is 0 Å². The fourth-order valence-corrected chi connectivity index (χ4v) is 3.31. The molecule has 0 amide bonds. The minimum absolute atomic E-state index is 0.132. The van der Waals surface area contributed by atoms with Crippen LogP contribution >= 0.6 is 0 Å². The van der Waals surface area contributed by atoms with E-state index >= 15 is 0 Å². The van der Waals surface area contributed by atoms with Gasteiger partial charge in [-0.15, -0.1) is 0 Å². The summed E-state index contributed by atoms with van der Waals surface area (Å²) in [6.45, 7) is 3.83. The Hall–Kier alpha value is -0.370. The molecule has 3 atom stereocenters. The van der Waals surface area contributed by atoms with Crippen LogP contribution in [0.5, 0.6) is 0 Å². The fourth-order valence-electron chi connectivity index (χ4n) is 3.31. The van der Waals surface area contributed by atoms with E-state index in [0.717, 1.165) is 25.4 Å². The molecule has 1 aliphatic heterocycles. The Bertz CT molecular complexity index is 219. The number of hydrogen-bond acceptors (Lipinski definition) is 2. The van der Waals surface area contributed by atoms with Crippen LogP contribution in [0, 0.1) is 17.3 Å². The van der Waals surface area contributed by atoms with Gasteiger partial charge in [0.2, 0.25) is 0 Å². The lowest BCUT2D eigenvalue weighted by atomic mass is 9.65. The number of aldehydes is 1. The van der Waals surface area contributed by atoms with Crippen molar-refractivity contribution in [3.63, 3.8) is 0 Å². The van der Waals surface area contributed by atoms with Gasteiger partial charge in [-0.3, -0.25) is 0 Å². The lowest BCUT2D eigenvalue weighted by molar-refractivity contribution is -0.131. The van der Waals surface area contributed by atoms with Gasteiger partial charge in [-0.05, 0) is 37.5 Å². The van der Waals surface area contributed by atoms with Crippen molar-refractivity contribution in [1.29, 1.82) is 0 Å². The van der Waals surface area contributed by atoms with Gasteiger partial charge in [-0.25, -0.2) is 0 Å². The lowest BCUT2D eigenvalue weighted by Gasteiger charge is -2.42. The Balaban J connectivity index is 2.06. The summed E-state index contributed by atoms with van der Waals surface area (Å²) in [5, 5.41) is 0. The molecule has 2 aliphatic rings. The third kappa shape index (κ3) is 2.25. The first kappa shape index (κ1) is 11.1. The van der Waals surface area contributed by atoms with Crippen LogP contribution in [0.2, 0.25) is 0 Å². The van der Waals surface area contributed by atoms with E-state index in [2.05, 4.69) is 6.92 Å². The van der Waals surface area contributed by atoms with Crippen LogP contribution in [0.4, 0.5) is 0 Å². The Kier molecular flexibility index (Phi) is 3.45. The van der Waals surface area contributed by atoms with Crippen molar-refractivity contribution in [2.75, 3.05) is 13.2 Å². The summed E-state index contributed by atoms with van der Waals surface area (Å²) in [6.07, 6.45) is 8.40. The molecule has 0 N–H and O–H groups in total. The second kappa shape index (κ2) is 4.65. The van der Waals surface area contributed by atoms with E-state index in [4.69, 9.17) is 4.74 Å². The van der Waals surface area contributed by atoms with Crippen LogP contribution in [-0.2, 0) is 9.53 Å². The predicted octanol–water partition coefficient (Wildman–Crippen LogP) is 2.81. The van der Waals surface area contributed by atoms with E-state index in [0.29, 0.717) is 12.5 Å². The minimum atomic E-state index is -0.132. The molecule has 0 aromatic heterocycles. The van der Waals surface area contributed by atoms with E-state index in [1.54, 1.807) is 0 Å². The van der Waals surface area contributed by atoms with Gasteiger partial charge in [0.25, 0.3) is 0 Å². The van der Waals surface area contributed by atoms with Gasteiger partial charge in [0.05, 0.1) is 12.0 Å². The van der Waals surface area contributed by atoms with Crippen LogP contribution in [0.25, 0.3) is 0 Å². The molecule has 2 rings (SSSR count). The molecule has 0 aromatic carbocycles. The third-order valence-corrected chi connectivity index (χ3v) is 4.29. The molecular weight excluding hydrogens is 188 g/mol. The summed E-state index contributed by atoms with van der Waals surface area (Å²) in [5.41, 5.74) is -0.132. The summed E-state index contributed by atoms with van der Waals surface area (Å²) < 4.78 is 5.53. The van der Waals surface area contributed by atoms with Crippen molar-refractivity contribution in [2.24, 2.45) is 17.3 Å². The van der Waals surface area contributed by atoms with Gasteiger partial charge in [-0.1, -0.05) is 19.8 Å². The van der Waals surface area contributed by atoms with Crippen molar-refractivity contribution in [2.45, 2.75) is 45.4 Å². The Morgan fingerprint density at radius 1 is 1.33 bits per heavy atom. The molecule has 1 aliphatic carbocycles. The highest BCUT2D eigenvalue weighted by Gasteiger charge is 2.41. The van der Waals surface area contributed by atoms with Gasteiger partial charge in [0.1, 0.15) is 6.29 Å². The SMILES string of the molecule is CC1CCCC(C2(C=O)CCCOC2)C1. The smallest absolute Gasteiger partial charge is 0.128 e. The Labute approximate surface area is 92.4 Å². The molecule has 86 valence electrons. The van der Waals surface area contributed by atoms with Crippen molar-refractivity contribution < 1.29 is 9.53 Å². The van der Waals surface area contributed by atoms with E-state index in [9.17, 15) is 4.79 Å². The topological polar surface area (TPSA) is 26.3 Å². The Morgan fingerprint density at radius 3 is 2.80 bits per heavy atom. The first-order valence-corrected chi connectivity index (χ1v) is 6.31. The molecule has 2 heteroatoms. The number of ether oxygens (including phenoxy) is 1. The zero-order chi connectivity index (χ0) is 10.7. The monoisotopic (exact) mass is 210 g/mol. The second-order valence-corrected chi connectivity index (χ2v) is 5.48. The zero-order valence-electron chi connectivity index (χ0n) is 9.71. The van der Waals surface area contributed by atoms with Gasteiger partial charge in [0.15, 0.2) is 0 Å². The quantitative estimate of drug-likeness (QED) is 0.655. The highest BCUT2D eigenvalue weighted by atomic mass is 16.5. The summed E-state index contributed by atoms with van der Waals surface area (Å²) in [6, 6.07) is 0. The van der Waals surface area contributed by atoms with Crippen LogP contribution in [0.1, 0.15) is 45.4 Å². The zero-order valence-corrected chi connectivity index (χ0v) is 9.71. The predicted molar refractivity (Wildman–Crippen MR) is 59.7 cm³/mol. The molecular formula is C13H22O2. The number of carbonyl (C=O) groups is 1. The molecule has 2 fully saturated rings. The van der Waals surface area contributed by atoms with Gasteiger partial charge in [0, 0.05) is 6.61 Å². The third-order valence-electron chi connectivity index (χ3n) is 4.29. The highest BCUT2D eigenvalue weighted by Crippen LogP contribution is 2.44. The van der Waals surface area contributed by atoms with E-state index < -0.39 is 0 Å². The van der Waals surface area contributed by atoms with Crippen molar-refractivity contribution in [3.05, 3.63) is 0 Å². The first-order chi connectivity index (χ1) is 7.27. The Morgan fingerprint density at radius 2 is 2.20 bits per heavy atom. The van der Waals surface area contributed by atoms with Crippen LogP contribution in [0.15, 0.2) is 0 Å². The summed E-state index contributed by atoms with van der Waals surface area (Å²) in [7, 11) is 0. The molecule has 0 aromatic rings. The molecule has 0 radical (unpaired) electrons. The number of carbonyl (C=O) groups excluding carboxylic acids is 1. The molecule has 3 unspecified atom stereocenters. The summed E-state index contributed by atoms with van der Waals surface area (Å²) in [4.78, 5) is 11.4. The molecule has 1 saturated heterocycles. The molecule has 15 heavy (non-hydrogen) atoms. The van der Waals surface area contributed by atoms with Crippen molar-refractivity contribution >= 4 is 6.29 Å². The number of hydrogen-bond donors (Lipinski definition) is 0. The highest BCUT2D eigenvalue weighted by molar-refractivity contribution is 5.60. The van der Waals surface area contributed by atoms with Crippen molar-refractivity contribution in [1.82, 2.24) is 0 Å². The summed E-state index contributed by atoms with van der Waals surface area (Å²) in [5.74, 6) is 1.38. The minimum Gasteiger partial charge on any atom is -0.380 e. The molecule has 2 nitrogen and oxygen atoms in total. The summed E-state index contributed by atoms with van der Waals surface area (Å²) >= 11 is 0. The molecule has 0 bridgehead atoms. The van der Waals surface area contributed by atoms with E-state index in [-0.39, 0.29) is 5.41 Å². The normalized spacial score (nSPS) is 42.5. The number of rotatable bonds is 2. The van der Waals surface area contributed by atoms with Gasteiger partial charge < -0.3 is 9.53 Å². The maximum absolute atomic E-state index is 11.4. The first-order valence-electron chi connectivity index (χ1n) is 6.31. The average Bonchev–Trinajstić information content (AvgIpc) is 2.30.